The Bertz CT molecular complexity index is 1270. The first-order chi connectivity index (χ1) is 16.8. The molecule has 0 fully saturated rings. The molecule has 0 aromatic heterocycles. The highest BCUT2D eigenvalue weighted by molar-refractivity contribution is 7.92. The molecule has 10 nitrogen and oxygen atoms in total. The summed E-state index contributed by atoms with van der Waals surface area (Å²) in [4.78, 5) is 12.2. The average molecular weight is 504 g/mol. The zero-order valence-corrected chi connectivity index (χ0v) is 20.1. The van der Waals surface area contributed by atoms with E-state index in [9.17, 15) is 18.3 Å². The van der Waals surface area contributed by atoms with Gasteiger partial charge in [-0.05, 0) is 48.5 Å². The first-order valence-electron chi connectivity index (χ1n) is 10.3. The summed E-state index contributed by atoms with van der Waals surface area (Å²) in [6.07, 6.45) is 0. The van der Waals surface area contributed by atoms with Gasteiger partial charge in [-0.1, -0.05) is 12.1 Å². The van der Waals surface area contributed by atoms with Crippen molar-refractivity contribution in [3.05, 3.63) is 66.2 Å². The minimum absolute atomic E-state index is 0.000229. The highest BCUT2D eigenvalue weighted by Crippen LogP contribution is 2.43. The summed E-state index contributed by atoms with van der Waals surface area (Å²) < 4.78 is 55.6. The summed E-state index contributed by atoms with van der Waals surface area (Å²) in [6, 6.07) is 15.1. The lowest BCUT2D eigenvalue weighted by Crippen LogP contribution is -2.15. The lowest BCUT2D eigenvalue weighted by Gasteiger charge is -2.19. The van der Waals surface area contributed by atoms with E-state index in [-0.39, 0.29) is 46.6 Å². The van der Waals surface area contributed by atoms with Crippen molar-refractivity contribution >= 4 is 21.7 Å². The van der Waals surface area contributed by atoms with Crippen LogP contribution in [-0.4, -0.2) is 54.0 Å². The van der Waals surface area contributed by atoms with Gasteiger partial charge in [-0.2, -0.15) is 0 Å². The Morgan fingerprint density at radius 3 is 2.20 bits per heavy atom. The summed E-state index contributed by atoms with van der Waals surface area (Å²) in [7, 11) is -0.0125. The Hall–Kier alpha value is -3.96. The average Bonchev–Trinajstić information content (AvgIpc) is 2.88. The van der Waals surface area contributed by atoms with Crippen molar-refractivity contribution < 1.29 is 42.0 Å². The Balaban J connectivity index is 2.15. The van der Waals surface area contributed by atoms with Gasteiger partial charge in [0.1, 0.15) is 12.4 Å². The number of aliphatic hydroxyl groups excluding tert-OH is 1. The van der Waals surface area contributed by atoms with Crippen LogP contribution in [0.3, 0.4) is 0 Å². The molecule has 0 heterocycles. The number of rotatable bonds is 11. The molecule has 0 bridgehead atoms. The zero-order chi connectivity index (χ0) is 25.4. The minimum Gasteiger partial charge on any atom is -0.497 e. The van der Waals surface area contributed by atoms with Crippen LogP contribution in [0.4, 0.5) is 5.69 Å². The van der Waals surface area contributed by atoms with Gasteiger partial charge >= 0.3 is 5.97 Å². The molecule has 11 heteroatoms. The van der Waals surface area contributed by atoms with E-state index in [1.807, 2.05) is 0 Å². The normalized spacial score (nSPS) is 10.9. The van der Waals surface area contributed by atoms with Gasteiger partial charge in [0.15, 0.2) is 23.0 Å². The lowest BCUT2D eigenvalue weighted by molar-refractivity contribution is 0.0600. The van der Waals surface area contributed by atoms with Gasteiger partial charge in [0.05, 0.1) is 44.1 Å². The molecule has 0 aliphatic carbocycles. The third-order valence-corrected chi connectivity index (χ3v) is 6.10. The summed E-state index contributed by atoms with van der Waals surface area (Å²) in [5.74, 6) is 0.346. The van der Waals surface area contributed by atoms with E-state index in [4.69, 9.17) is 23.7 Å². The van der Waals surface area contributed by atoms with Crippen molar-refractivity contribution in [3.63, 3.8) is 0 Å². The maximum Gasteiger partial charge on any atom is 0.338 e. The van der Waals surface area contributed by atoms with Crippen LogP contribution in [-0.2, 0) is 14.8 Å². The van der Waals surface area contributed by atoms with E-state index in [0.717, 1.165) is 0 Å². The number of carbonyl (C=O) groups is 1. The highest BCUT2D eigenvalue weighted by Gasteiger charge is 2.24. The van der Waals surface area contributed by atoms with E-state index in [1.165, 1.54) is 57.7 Å². The standard InChI is InChI=1S/C24H25NO9S/c1-30-17-8-10-18(11-9-17)35(28,29)25-19-14-16(24(27)32-3)15-22(33-13-12-26)23(19)34-21-7-5-4-6-20(21)31-2/h4-11,14-15,25-26H,12-13H2,1-3H3. The van der Waals surface area contributed by atoms with Crippen molar-refractivity contribution in [3.8, 4) is 28.7 Å². The number of hydrogen-bond donors (Lipinski definition) is 2. The fourth-order valence-corrected chi connectivity index (χ4v) is 4.11. The van der Waals surface area contributed by atoms with Gasteiger partial charge in [0.25, 0.3) is 10.0 Å². The van der Waals surface area contributed by atoms with Crippen LogP contribution in [0.15, 0.2) is 65.6 Å². The number of esters is 1. The quantitative estimate of drug-likeness (QED) is 0.378. The van der Waals surface area contributed by atoms with Crippen molar-refractivity contribution in [2.24, 2.45) is 0 Å². The van der Waals surface area contributed by atoms with E-state index in [2.05, 4.69) is 4.72 Å². The van der Waals surface area contributed by atoms with Crippen LogP contribution in [0.2, 0.25) is 0 Å². The lowest BCUT2D eigenvalue weighted by atomic mass is 10.1. The smallest absolute Gasteiger partial charge is 0.338 e. The van der Waals surface area contributed by atoms with E-state index in [1.54, 1.807) is 24.3 Å². The number of ether oxygens (including phenoxy) is 5. The van der Waals surface area contributed by atoms with Gasteiger partial charge in [0.2, 0.25) is 0 Å². The van der Waals surface area contributed by atoms with Crippen LogP contribution in [0.25, 0.3) is 0 Å². The monoisotopic (exact) mass is 503 g/mol. The number of sulfonamides is 1. The van der Waals surface area contributed by atoms with Crippen LogP contribution in [0.1, 0.15) is 10.4 Å². The molecule has 0 aliphatic rings. The maximum absolute atomic E-state index is 13.2. The zero-order valence-electron chi connectivity index (χ0n) is 19.3. The van der Waals surface area contributed by atoms with E-state index in [0.29, 0.717) is 11.5 Å². The van der Waals surface area contributed by atoms with Crippen molar-refractivity contribution in [1.82, 2.24) is 0 Å². The highest BCUT2D eigenvalue weighted by atomic mass is 32.2. The third kappa shape index (κ3) is 6.14. The molecule has 0 saturated heterocycles. The molecule has 0 saturated carbocycles. The Morgan fingerprint density at radius 2 is 1.60 bits per heavy atom. The molecule has 0 spiro atoms. The molecule has 0 radical (unpaired) electrons. The predicted octanol–water partition coefficient (Wildman–Crippen LogP) is 3.45. The second-order valence-corrected chi connectivity index (χ2v) is 8.63. The number of methoxy groups -OCH3 is 3. The Kier molecular flexibility index (Phi) is 8.39. The fourth-order valence-electron chi connectivity index (χ4n) is 3.05. The van der Waals surface area contributed by atoms with Gasteiger partial charge in [-0.15, -0.1) is 0 Å². The van der Waals surface area contributed by atoms with E-state index >= 15 is 0 Å². The molecule has 0 amide bonds. The van der Waals surface area contributed by atoms with Gasteiger partial charge < -0.3 is 28.8 Å². The molecule has 2 N–H and O–H groups in total. The van der Waals surface area contributed by atoms with Crippen LogP contribution in [0, 0.1) is 0 Å². The second kappa shape index (κ2) is 11.4. The van der Waals surface area contributed by atoms with Gasteiger partial charge in [0, 0.05) is 0 Å². The minimum atomic E-state index is -4.13. The predicted molar refractivity (Wildman–Crippen MR) is 127 cm³/mol. The summed E-state index contributed by atoms with van der Waals surface area (Å²) >= 11 is 0. The molecule has 35 heavy (non-hydrogen) atoms. The molecule has 0 atom stereocenters. The topological polar surface area (TPSA) is 130 Å². The largest absolute Gasteiger partial charge is 0.497 e. The second-order valence-electron chi connectivity index (χ2n) is 6.95. The molecular formula is C24H25NO9S. The fraction of sp³-hybridized carbons (Fsp3) is 0.208. The number of nitrogens with one attached hydrogen (secondary N) is 1. The van der Waals surface area contributed by atoms with E-state index < -0.39 is 16.0 Å². The summed E-state index contributed by atoms with van der Waals surface area (Å²) in [5.41, 5.74) is -0.0946. The number of anilines is 1. The Labute approximate surface area is 203 Å². The number of carbonyl (C=O) groups excluding carboxylic acids is 1. The van der Waals surface area contributed by atoms with Crippen molar-refractivity contribution in [2.45, 2.75) is 4.90 Å². The van der Waals surface area contributed by atoms with Crippen molar-refractivity contribution in [2.75, 3.05) is 39.3 Å². The van der Waals surface area contributed by atoms with Crippen LogP contribution >= 0.6 is 0 Å². The first kappa shape index (κ1) is 25.7. The Morgan fingerprint density at radius 1 is 0.914 bits per heavy atom. The SMILES string of the molecule is COC(=O)c1cc(NS(=O)(=O)c2ccc(OC)cc2)c(Oc2ccccc2OC)c(OCCO)c1. The van der Waals surface area contributed by atoms with Crippen LogP contribution < -0.4 is 23.7 Å². The third-order valence-electron chi connectivity index (χ3n) is 4.72. The van der Waals surface area contributed by atoms with Crippen molar-refractivity contribution in [1.29, 1.82) is 0 Å². The summed E-state index contributed by atoms with van der Waals surface area (Å²) in [6.45, 7) is -0.471. The molecular weight excluding hydrogens is 478 g/mol. The van der Waals surface area contributed by atoms with Crippen LogP contribution in [0.5, 0.6) is 28.7 Å². The first-order valence-corrected chi connectivity index (χ1v) is 11.8. The molecule has 0 unspecified atom stereocenters. The number of aliphatic hydroxyl groups is 1. The molecule has 3 aromatic rings. The summed E-state index contributed by atoms with van der Waals surface area (Å²) in [5, 5.41) is 9.26. The molecule has 3 rings (SSSR count). The van der Waals surface area contributed by atoms with Gasteiger partial charge in [-0.25, -0.2) is 13.2 Å². The number of hydrogen-bond acceptors (Lipinski definition) is 9. The molecule has 3 aromatic carbocycles. The number of para-hydroxylation sites is 2. The maximum atomic E-state index is 13.2. The molecule has 0 aliphatic heterocycles. The number of benzene rings is 3. The molecule has 186 valence electrons. The van der Waals surface area contributed by atoms with Gasteiger partial charge in [-0.3, -0.25) is 4.72 Å².